The molecule has 0 fully saturated rings. The first-order valence-electron chi connectivity index (χ1n) is 8.55. The van der Waals surface area contributed by atoms with Gasteiger partial charge in [-0.05, 0) is 54.7 Å². The summed E-state index contributed by atoms with van der Waals surface area (Å²) < 4.78 is 10.8. The zero-order valence-electron chi connectivity index (χ0n) is 14.9. The predicted molar refractivity (Wildman–Crippen MR) is 99.9 cm³/mol. The number of fused-ring (bicyclic) bond motifs is 1. The lowest BCUT2D eigenvalue weighted by atomic mass is 10.1. The average Bonchev–Trinajstić information content (AvgIpc) is 3.08. The van der Waals surface area contributed by atoms with E-state index in [1.807, 2.05) is 12.1 Å². The molecule has 0 radical (unpaired) electrons. The quantitative estimate of drug-likeness (QED) is 0.835. The van der Waals surface area contributed by atoms with Crippen LogP contribution in [-0.4, -0.2) is 25.5 Å². The van der Waals surface area contributed by atoms with Crippen LogP contribution in [0.15, 0.2) is 36.4 Å². The Hall–Kier alpha value is -3.02. The van der Waals surface area contributed by atoms with E-state index in [1.54, 1.807) is 18.2 Å². The van der Waals surface area contributed by atoms with Gasteiger partial charge in [-0.1, -0.05) is 6.07 Å². The van der Waals surface area contributed by atoms with E-state index in [0.29, 0.717) is 22.9 Å². The fraction of sp³-hybridized carbons (Fsp3) is 0.300. The molecule has 26 heavy (non-hydrogen) atoms. The number of carbonyl (C=O) groups is 2. The van der Waals surface area contributed by atoms with E-state index < -0.39 is 0 Å². The second-order valence-corrected chi connectivity index (χ2v) is 6.21. The van der Waals surface area contributed by atoms with Crippen LogP contribution in [0.5, 0.6) is 11.5 Å². The van der Waals surface area contributed by atoms with Crippen molar-refractivity contribution in [3.8, 4) is 11.5 Å². The Morgan fingerprint density at radius 3 is 2.50 bits per heavy atom. The first-order valence-corrected chi connectivity index (χ1v) is 8.55. The van der Waals surface area contributed by atoms with Gasteiger partial charge < -0.3 is 20.1 Å². The number of anilines is 2. The highest BCUT2D eigenvalue weighted by Gasteiger charge is 2.13. The molecule has 0 saturated heterocycles. The maximum atomic E-state index is 12.3. The molecule has 0 bridgehead atoms. The molecule has 0 aliphatic heterocycles. The fourth-order valence-corrected chi connectivity index (χ4v) is 3.03. The van der Waals surface area contributed by atoms with Crippen LogP contribution < -0.4 is 20.1 Å². The lowest BCUT2D eigenvalue weighted by Gasteiger charge is -2.13. The fourth-order valence-electron chi connectivity index (χ4n) is 3.03. The van der Waals surface area contributed by atoms with Crippen molar-refractivity contribution in [3.05, 3.63) is 47.5 Å². The lowest BCUT2D eigenvalue weighted by molar-refractivity contribution is -0.118. The number of rotatable bonds is 6. The van der Waals surface area contributed by atoms with Crippen molar-refractivity contribution in [2.24, 2.45) is 0 Å². The number of ether oxygens (including phenoxy) is 2. The second-order valence-electron chi connectivity index (χ2n) is 6.21. The Morgan fingerprint density at radius 1 is 0.962 bits per heavy atom. The highest BCUT2D eigenvalue weighted by Crippen LogP contribution is 2.28. The summed E-state index contributed by atoms with van der Waals surface area (Å²) in [6, 6.07) is 11.0. The van der Waals surface area contributed by atoms with Crippen LogP contribution in [0.1, 0.15) is 24.5 Å². The number of aryl methyl sites for hydroxylation is 2. The van der Waals surface area contributed by atoms with Gasteiger partial charge in [0.25, 0.3) is 5.91 Å². The summed E-state index contributed by atoms with van der Waals surface area (Å²) in [6.45, 7) is 1.29. The van der Waals surface area contributed by atoms with Gasteiger partial charge in [0.1, 0.15) is 11.5 Å². The molecule has 0 saturated carbocycles. The average molecular weight is 354 g/mol. The van der Waals surface area contributed by atoms with Gasteiger partial charge in [0.15, 0.2) is 6.61 Å². The molecule has 136 valence electrons. The van der Waals surface area contributed by atoms with Crippen LogP contribution in [0.2, 0.25) is 0 Å². The molecule has 2 aromatic carbocycles. The number of hydrogen-bond donors (Lipinski definition) is 2. The molecule has 0 atom stereocenters. The van der Waals surface area contributed by atoms with E-state index in [-0.39, 0.29) is 18.4 Å². The summed E-state index contributed by atoms with van der Waals surface area (Å²) in [5.74, 6) is 0.730. The SMILES string of the molecule is COc1ccc(NC(C)=O)c(NC(=O)COc2ccc3c(c2)CCC3)c1. The van der Waals surface area contributed by atoms with E-state index in [9.17, 15) is 9.59 Å². The summed E-state index contributed by atoms with van der Waals surface area (Å²) in [5, 5.41) is 5.44. The minimum absolute atomic E-state index is 0.116. The molecule has 6 nitrogen and oxygen atoms in total. The third-order valence-corrected chi connectivity index (χ3v) is 4.25. The van der Waals surface area contributed by atoms with Crippen LogP contribution in [0.3, 0.4) is 0 Å². The molecule has 0 aromatic heterocycles. The maximum Gasteiger partial charge on any atom is 0.262 e. The normalized spacial score (nSPS) is 12.2. The molecule has 0 heterocycles. The molecule has 2 aromatic rings. The van der Waals surface area contributed by atoms with E-state index in [0.717, 1.165) is 12.8 Å². The predicted octanol–water partition coefficient (Wildman–Crippen LogP) is 3.16. The van der Waals surface area contributed by atoms with Crippen molar-refractivity contribution >= 4 is 23.2 Å². The van der Waals surface area contributed by atoms with Crippen LogP contribution >= 0.6 is 0 Å². The van der Waals surface area contributed by atoms with E-state index in [2.05, 4.69) is 16.7 Å². The summed E-state index contributed by atoms with van der Waals surface area (Å²) in [6.07, 6.45) is 3.33. The molecular formula is C20H22N2O4. The molecule has 0 spiro atoms. The molecule has 1 aliphatic rings. The monoisotopic (exact) mass is 354 g/mol. The van der Waals surface area contributed by atoms with Crippen molar-refractivity contribution in [1.29, 1.82) is 0 Å². The Morgan fingerprint density at radius 2 is 1.73 bits per heavy atom. The summed E-state index contributed by atoms with van der Waals surface area (Å²) in [7, 11) is 1.54. The minimum atomic E-state index is -0.314. The molecule has 2 amide bonds. The third kappa shape index (κ3) is 4.33. The zero-order chi connectivity index (χ0) is 18.5. The highest BCUT2D eigenvalue weighted by molar-refractivity contribution is 5.99. The Labute approximate surface area is 152 Å². The minimum Gasteiger partial charge on any atom is -0.497 e. The van der Waals surface area contributed by atoms with Crippen molar-refractivity contribution in [2.75, 3.05) is 24.4 Å². The number of methoxy groups -OCH3 is 1. The van der Waals surface area contributed by atoms with Crippen LogP contribution in [-0.2, 0) is 22.4 Å². The van der Waals surface area contributed by atoms with Crippen LogP contribution in [0.4, 0.5) is 11.4 Å². The maximum absolute atomic E-state index is 12.3. The largest absolute Gasteiger partial charge is 0.497 e. The van der Waals surface area contributed by atoms with Gasteiger partial charge in [0.2, 0.25) is 5.91 Å². The lowest BCUT2D eigenvalue weighted by Crippen LogP contribution is -2.21. The van der Waals surface area contributed by atoms with E-state index in [1.165, 1.54) is 31.6 Å². The van der Waals surface area contributed by atoms with Crippen molar-refractivity contribution < 1.29 is 19.1 Å². The van der Waals surface area contributed by atoms with Crippen molar-refractivity contribution in [2.45, 2.75) is 26.2 Å². The number of hydrogen-bond acceptors (Lipinski definition) is 4. The molecule has 0 unspecified atom stereocenters. The van der Waals surface area contributed by atoms with Gasteiger partial charge in [0, 0.05) is 13.0 Å². The Bertz CT molecular complexity index is 833. The molecule has 6 heteroatoms. The Kier molecular flexibility index (Phi) is 5.41. The van der Waals surface area contributed by atoms with Gasteiger partial charge in [0.05, 0.1) is 18.5 Å². The Balaban J connectivity index is 1.64. The van der Waals surface area contributed by atoms with E-state index in [4.69, 9.17) is 9.47 Å². The van der Waals surface area contributed by atoms with Crippen molar-refractivity contribution in [3.63, 3.8) is 0 Å². The highest BCUT2D eigenvalue weighted by atomic mass is 16.5. The van der Waals surface area contributed by atoms with Crippen LogP contribution in [0, 0.1) is 0 Å². The molecule has 3 rings (SSSR count). The third-order valence-electron chi connectivity index (χ3n) is 4.25. The number of amides is 2. The van der Waals surface area contributed by atoms with Gasteiger partial charge in [-0.25, -0.2) is 0 Å². The number of carbonyl (C=O) groups excluding carboxylic acids is 2. The molecule has 2 N–H and O–H groups in total. The smallest absolute Gasteiger partial charge is 0.262 e. The summed E-state index contributed by atoms with van der Waals surface area (Å²) in [4.78, 5) is 23.6. The summed E-state index contributed by atoms with van der Waals surface area (Å²) >= 11 is 0. The van der Waals surface area contributed by atoms with Gasteiger partial charge >= 0.3 is 0 Å². The first kappa shape index (κ1) is 17.8. The number of benzene rings is 2. The first-order chi connectivity index (χ1) is 12.5. The van der Waals surface area contributed by atoms with Crippen molar-refractivity contribution in [1.82, 2.24) is 0 Å². The zero-order valence-corrected chi connectivity index (χ0v) is 14.9. The molecule has 1 aliphatic carbocycles. The van der Waals surface area contributed by atoms with Crippen LogP contribution in [0.25, 0.3) is 0 Å². The second kappa shape index (κ2) is 7.91. The van der Waals surface area contributed by atoms with Gasteiger partial charge in [-0.15, -0.1) is 0 Å². The van der Waals surface area contributed by atoms with Gasteiger partial charge in [-0.3, -0.25) is 9.59 Å². The molecular weight excluding hydrogens is 332 g/mol. The topological polar surface area (TPSA) is 76.7 Å². The number of nitrogens with one attached hydrogen (secondary N) is 2. The van der Waals surface area contributed by atoms with Gasteiger partial charge in [-0.2, -0.15) is 0 Å². The van der Waals surface area contributed by atoms with E-state index >= 15 is 0 Å². The standard InChI is InChI=1S/C20H22N2O4/c1-13(23)21-18-9-8-16(25-2)11-19(18)22-20(24)12-26-17-7-6-14-4-3-5-15(14)10-17/h6-11H,3-5,12H2,1-2H3,(H,21,23)(H,22,24). The summed E-state index contributed by atoms with van der Waals surface area (Å²) in [5.41, 5.74) is 3.62.